The summed E-state index contributed by atoms with van der Waals surface area (Å²) in [6.07, 6.45) is 2.88. The molecule has 1 rings (SSSR count). The lowest BCUT2D eigenvalue weighted by molar-refractivity contribution is -0.128. The number of nitrogens with one attached hydrogen (secondary N) is 4. The maximum Gasteiger partial charge on any atom is 0.234 e. The molecule has 2 amide bonds. The van der Waals surface area contributed by atoms with Crippen molar-refractivity contribution in [1.29, 1.82) is 0 Å². The SMILES string of the molecule is CCCNC(=O)CN1CCC(NC(=NCC(C)(C)C(=O)NC)NCC)CC1. The third-order valence-electron chi connectivity index (χ3n) is 4.69. The molecule has 0 aliphatic carbocycles. The van der Waals surface area contributed by atoms with Gasteiger partial charge in [0.05, 0.1) is 18.5 Å². The number of piperidine rings is 1. The van der Waals surface area contributed by atoms with E-state index >= 15 is 0 Å². The van der Waals surface area contributed by atoms with Crippen molar-refractivity contribution in [3.8, 4) is 0 Å². The van der Waals surface area contributed by atoms with Gasteiger partial charge in [0.1, 0.15) is 0 Å². The van der Waals surface area contributed by atoms with Crippen LogP contribution in [-0.2, 0) is 9.59 Å². The van der Waals surface area contributed by atoms with E-state index in [0.717, 1.165) is 51.4 Å². The maximum atomic E-state index is 11.9. The van der Waals surface area contributed by atoms with Crippen molar-refractivity contribution in [1.82, 2.24) is 26.2 Å². The molecule has 0 radical (unpaired) electrons. The van der Waals surface area contributed by atoms with Crippen molar-refractivity contribution in [2.75, 3.05) is 46.3 Å². The zero-order valence-electron chi connectivity index (χ0n) is 17.7. The molecule has 8 heteroatoms. The first-order valence-corrected chi connectivity index (χ1v) is 10.1. The summed E-state index contributed by atoms with van der Waals surface area (Å²) in [4.78, 5) is 30.6. The summed E-state index contributed by atoms with van der Waals surface area (Å²) in [7, 11) is 1.65. The molecule has 1 aliphatic heterocycles. The highest BCUT2D eigenvalue weighted by Gasteiger charge is 2.27. The Morgan fingerprint density at radius 2 is 1.81 bits per heavy atom. The highest BCUT2D eigenvalue weighted by Crippen LogP contribution is 2.15. The first-order chi connectivity index (χ1) is 12.8. The van der Waals surface area contributed by atoms with Crippen LogP contribution in [0.4, 0.5) is 0 Å². The lowest BCUT2D eigenvalue weighted by Gasteiger charge is -2.32. The summed E-state index contributed by atoms with van der Waals surface area (Å²) < 4.78 is 0. The van der Waals surface area contributed by atoms with Gasteiger partial charge in [-0.2, -0.15) is 0 Å². The van der Waals surface area contributed by atoms with E-state index in [1.165, 1.54) is 0 Å². The van der Waals surface area contributed by atoms with Gasteiger partial charge in [-0.15, -0.1) is 0 Å². The number of likely N-dealkylation sites (tertiary alicyclic amines) is 1. The Labute approximate surface area is 163 Å². The van der Waals surface area contributed by atoms with Crippen LogP contribution < -0.4 is 21.3 Å². The van der Waals surface area contributed by atoms with Crippen LogP contribution in [0.3, 0.4) is 0 Å². The monoisotopic (exact) mass is 382 g/mol. The Hall–Kier alpha value is -1.83. The molecule has 1 saturated heterocycles. The highest BCUT2D eigenvalue weighted by atomic mass is 16.2. The predicted octanol–water partition coefficient (Wildman–Crippen LogP) is 0.304. The van der Waals surface area contributed by atoms with Crippen LogP contribution in [0.5, 0.6) is 0 Å². The Kier molecular flexibility index (Phi) is 10.1. The fourth-order valence-electron chi connectivity index (χ4n) is 2.96. The summed E-state index contributed by atoms with van der Waals surface area (Å²) in [6, 6.07) is 0.320. The molecule has 156 valence electrons. The zero-order chi connectivity index (χ0) is 20.3. The van der Waals surface area contributed by atoms with Gasteiger partial charge in [-0.25, -0.2) is 0 Å². The van der Waals surface area contributed by atoms with Gasteiger partial charge in [-0.05, 0) is 40.0 Å². The van der Waals surface area contributed by atoms with Crippen LogP contribution in [0.2, 0.25) is 0 Å². The lowest BCUT2D eigenvalue weighted by atomic mass is 9.93. The molecule has 1 fully saturated rings. The van der Waals surface area contributed by atoms with Crippen LogP contribution in [-0.4, -0.2) is 75.0 Å². The molecule has 27 heavy (non-hydrogen) atoms. The van der Waals surface area contributed by atoms with Crippen molar-refractivity contribution in [2.45, 2.75) is 53.0 Å². The number of hydrogen-bond acceptors (Lipinski definition) is 4. The quantitative estimate of drug-likeness (QED) is 0.340. The molecule has 1 aliphatic rings. The minimum atomic E-state index is -0.549. The topological polar surface area (TPSA) is 97.9 Å². The van der Waals surface area contributed by atoms with Gasteiger partial charge < -0.3 is 21.3 Å². The molecule has 0 aromatic heterocycles. The van der Waals surface area contributed by atoms with Gasteiger partial charge in [0.25, 0.3) is 0 Å². The second-order valence-corrected chi connectivity index (χ2v) is 7.70. The van der Waals surface area contributed by atoms with Gasteiger partial charge in [-0.3, -0.25) is 19.5 Å². The highest BCUT2D eigenvalue weighted by molar-refractivity contribution is 5.83. The summed E-state index contributed by atoms with van der Waals surface area (Å²) >= 11 is 0. The zero-order valence-corrected chi connectivity index (χ0v) is 17.7. The largest absolute Gasteiger partial charge is 0.359 e. The van der Waals surface area contributed by atoms with E-state index < -0.39 is 5.41 Å². The number of carbonyl (C=O) groups excluding carboxylic acids is 2. The second kappa shape index (κ2) is 11.8. The molecule has 0 unspecified atom stereocenters. The molecule has 4 N–H and O–H groups in total. The average molecular weight is 383 g/mol. The van der Waals surface area contributed by atoms with Crippen LogP contribution >= 0.6 is 0 Å². The molecule has 0 aromatic rings. The number of hydrogen-bond donors (Lipinski definition) is 4. The van der Waals surface area contributed by atoms with E-state index in [0.29, 0.717) is 19.1 Å². The summed E-state index contributed by atoms with van der Waals surface area (Å²) in [5.41, 5.74) is -0.549. The Morgan fingerprint density at radius 3 is 2.37 bits per heavy atom. The first-order valence-electron chi connectivity index (χ1n) is 10.1. The number of rotatable bonds is 9. The number of carbonyl (C=O) groups is 2. The molecule has 0 atom stereocenters. The third kappa shape index (κ3) is 8.60. The van der Waals surface area contributed by atoms with E-state index in [1.54, 1.807) is 7.05 Å². The van der Waals surface area contributed by atoms with Crippen LogP contribution in [0.15, 0.2) is 4.99 Å². The van der Waals surface area contributed by atoms with Crippen LogP contribution in [0, 0.1) is 5.41 Å². The Balaban J connectivity index is 2.49. The molecule has 8 nitrogen and oxygen atoms in total. The van der Waals surface area contributed by atoms with E-state index in [9.17, 15) is 9.59 Å². The number of aliphatic imine (C=N–C) groups is 1. The van der Waals surface area contributed by atoms with E-state index in [4.69, 9.17) is 0 Å². The first kappa shape index (κ1) is 23.2. The van der Waals surface area contributed by atoms with Crippen molar-refractivity contribution in [3.05, 3.63) is 0 Å². The summed E-state index contributed by atoms with van der Waals surface area (Å²) in [6.45, 7) is 12.0. The van der Waals surface area contributed by atoms with Gasteiger partial charge in [0, 0.05) is 39.3 Å². The van der Waals surface area contributed by atoms with Gasteiger partial charge in [-0.1, -0.05) is 6.92 Å². The lowest BCUT2D eigenvalue weighted by Crippen LogP contribution is -2.50. The molecular formula is C19H38N6O2. The Bertz CT molecular complexity index is 498. The summed E-state index contributed by atoms with van der Waals surface area (Å²) in [5.74, 6) is 0.833. The number of amides is 2. The van der Waals surface area contributed by atoms with E-state index in [1.807, 2.05) is 20.8 Å². The predicted molar refractivity (Wildman–Crippen MR) is 110 cm³/mol. The second-order valence-electron chi connectivity index (χ2n) is 7.70. The van der Waals surface area contributed by atoms with Crippen molar-refractivity contribution in [3.63, 3.8) is 0 Å². The molecule has 0 aromatic carbocycles. The summed E-state index contributed by atoms with van der Waals surface area (Å²) in [5, 5.41) is 12.3. The molecule has 0 bridgehead atoms. The molecule has 0 saturated carbocycles. The molecular weight excluding hydrogens is 344 g/mol. The molecule has 1 heterocycles. The average Bonchev–Trinajstić information content (AvgIpc) is 2.65. The van der Waals surface area contributed by atoms with Gasteiger partial charge >= 0.3 is 0 Å². The fourth-order valence-corrected chi connectivity index (χ4v) is 2.96. The minimum absolute atomic E-state index is 0.0169. The van der Waals surface area contributed by atoms with Crippen LogP contribution in [0.25, 0.3) is 0 Å². The third-order valence-corrected chi connectivity index (χ3v) is 4.69. The van der Waals surface area contributed by atoms with Crippen molar-refractivity contribution in [2.24, 2.45) is 10.4 Å². The van der Waals surface area contributed by atoms with Gasteiger partial charge in [0.2, 0.25) is 11.8 Å². The fraction of sp³-hybridized carbons (Fsp3) is 0.842. The van der Waals surface area contributed by atoms with E-state index in [2.05, 4.69) is 38.1 Å². The smallest absolute Gasteiger partial charge is 0.234 e. The number of guanidine groups is 1. The van der Waals surface area contributed by atoms with E-state index in [-0.39, 0.29) is 11.8 Å². The van der Waals surface area contributed by atoms with Gasteiger partial charge in [0.15, 0.2) is 5.96 Å². The van der Waals surface area contributed by atoms with Crippen LogP contribution in [0.1, 0.15) is 47.0 Å². The van der Waals surface area contributed by atoms with Crippen molar-refractivity contribution < 1.29 is 9.59 Å². The minimum Gasteiger partial charge on any atom is -0.359 e. The Morgan fingerprint density at radius 1 is 1.15 bits per heavy atom. The number of nitrogens with zero attached hydrogens (tertiary/aromatic N) is 2. The van der Waals surface area contributed by atoms with Crippen molar-refractivity contribution >= 4 is 17.8 Å². The standard InChI is InChI=1S/C19H38N6O2/c1-6-10-22-16(26)13-25-11-8-15(9-12-25)24-18(21-7-2)23-14-19(3,4)17(27)20-5/h15H,6-14H2,1-5H3,(H,20,27)(H,22,26)(H2,21,23,24). The maximum absolute atomic E-state index is 11.9. The molecule has 0 spiro atoms. The normalized spacial score (nSPS) is 16.7.